The fourth-order valence-corrected chi connectivity index (χ4v) is 12.6. The van der Waals surface area contributed by atoms with Crippen molar-refractivity contribution in [3.63, 3.8) is 0 Å². The minimum absolute atomic E-state index is 1.03. The van der Waals surface area contributed by atoms with Crippen LogP contribution >= 0.6 is 15.9 Å². The summed E-state index contributed by atoms with van der Waals surface area (Å²) in [5.74, 6) is 0. The van der Waals surface area contributed by atoms with Crippen LogP contribution in [-0.2, 0) is 6.42 Å². The number of anilines is 3. The van der Waals surface area contributed by atoms with E-state index in [9.17, 15) is 0 Å². The molecule has 0 saturated carbocycles. The number of fused-ring (bicyclic) bond motifs is 6. The van der Waals surface area contributed by atoms with Gasteiger partial charge in [0, 0.05) is 54.5 Å². The number of nitrogens with zero attached hydrogens (tertiary/aromatic N) is 3. The van der Waals surface area contributed by atoms with Gasteiger partial charge in [0.05, 0.1) is 22.1 Å². The first-order valence-corrected chi connectivity index (χ1v) is 31.1. The van der Waals surface area contributed by atoms with E-state index in [-0.39, 0.29) is 0 Å². The lowest BCUT2D eigenvalue weighted by molar-refractivity contribution is 1.18. The van der Waals surface area contributed by atoms with Gasteiger partial charge in [-0.1, -0.05) is 283 Å². The molecule has 2 heterocycles. The molecule has 0 bridgehead atoms. The number of halogens is 1. The van der Waals surface area contributed by atoms with E-state index in [2.05, 4.69) is 394 Å². The molecule has 0 saturated heterocycles. The quantitative estimate of drug-likeness (QED) is 0.126. The van der Waals surface area contributed by atoms with Crippen LogP contribution in [0.15, 0.2) is 368 Å². The highest BCUT2D eigenvalue weighted by atomic mass is 79.9. The topological polar surface area (TPSA) is 13.1 Å². The lowest BCUT2D eigenvalue weighted by atomic mass is 9.99. The zero-order chi connectivity index (χ0) is 59.7. The molecule has 14 aromatic carbocycles. The molecular formula is C85H62BrN3. The molecule has 4 heteroatoms. The van der Waals surface area contributed by atoms with Crippen molar-refractivity contribution in [1.82, 2.24) is 9.13 Å². The van der Waals surface area contributed by atoms with E-state index >= 15 is 0 Å². The predicted molar refractivity (Wildman–Crippen MR) is 381 cm³/mol. The third-order valence-corrected chi connectivity index (χ3v) is 17.0. The highest BCUT2D eigenvalue weighted by Crippen LogP contribution is 2.40. The first kappa shape index (κ1) is 55.8. The highest BCUT2D eigenvalue weighted by Gasteiger charge is 2.17. The standard InChI is InChI=1S/C42H30N2.C30H20BrN.C13H12/c1-4-14-35(15-5-1)43(36-16-6-2-7-17-36)38-20-12-13-33(29-38)31-23-25-32(26-24-31)34-27-28-40-39-21-10-11-22-41(39)44(42(40)30-34)37-18-8-3-9-19-37;31-25-8-6-7-23(19-25)21-13-15-22(16-14-21)24-17-18-28-27-11-4-5-12-29(27)32(30(28)20-24)26-9-2-1-3-10-26;1-3-7-12(8-4-1)11-13-9-5-2-6-10-13/h1-30H;1-20H;1-10H,11H2. The SMILES string of the molecule is Brc1cccc(-c2ccc(-c3ccc4c5ccccc5n(-c5ccccc5)c4c3)cc2)c1.c1ccc(Cc2ccccc2)cc1.c1ccc(N(c2ccccc2)c2cccc(-c3ccc(-c4ccc5c6ccccc6n(-c6ccccc6)c5c4)cc3)c2)cc1. The maximum atomic E-state index is 3.57. The Bertz CT molecular complexity index is 4930. The van der Waals surface area contributed by atoms with Crippen molar-refractivity contribution in [1.29, 1.82) is 0 Å². The minimum atomic E-state index is 1.03. The van der Waals surface area contributed by atoms with Gasteiger partial charge in [0.15, 0.2) is 0 Å². The summed E-state index contributed by atoms with van der Waals surface area (Å²) in [6, 6.07) is 129. The van der Waals surface area contributed by atoms with E-state index < -0.39 is 0 Å². The summed E-state index contributed by atoms with van der Waals surface area (Å²) in [5.41, 5.74) is 23.0. The number of aromatic nitrogens is 2. The normalized spacial score (nSPS) is 11.0. The van der Waals surface area contributed by atoms with Crippen LogP contribution in [0.1, 0.15) is 11.1 Å². The molecule has 16 rings (SSSR count). The molecule has 0 spiro atoms. The van der Waals surface area contributed by atoms with E-state index in [1.807, 2.05) is 0 Å². The summed E-state index contributed by atoms with van der Waals surface area (Å²) < 4.78 is 5.83. The van der Waals surface area contributed by atoms with Gasteiger partial charge in [-0.3, -0.25) is 0 Å². The smallest absolute Gasteiger partial charge is 0.0547 e. The zero-order valence-corrected chi connectivity index (χ0v) is 50.7. The average Bonchev–Trinajstić information content (AvgIpc) is 1.91. The monoisotopic (exact) mass is 1200 g/mol. The fourth-order valence-electron chi connectivity index (χ4n) is 12.2. The molecule has 0 aliphatic carbocycles. The molecule has 3 nitrogen and oxygen atoms in total. The van der Waals surface area contributed by atoms with Crippen LogP contribution in [0, 0.1) is 0 Å². The lowest BCUT2D eigenvalue weighted by Gasteiger charge is -2.25. The van der Waals surface area contributed by atoms with Gasteiger partial charge in [0.1, 0.15) is 0 Å². The van der Waals surface area contributed by atoms with Gasteiger partial charge >= 0.3 is 0 Å². The van der Waals surface area contributed by atoms with Gasteiger partial charge < -0.3 is 14.0 Å². The molecule has 0 aliphatic rings. The Hall–Kier alpha value is -11.0. The maximum absolute atomic E-state index is 3.57. The Morgan fingerprint density at radius 2 is 0.539 bits per heavy atom. The van der Waals surface area contributed by atoms with Crippen LogP contribution in [0.25, 0.3) is 99.5 Å². The molecule has 0 radical (unpaired) electrons. The second-order valence-electron chi connectivity index (χ2n) is 22.2. The molecule has 0 atom stereocenters. The fraction of sp³-hybridized carbons (Fsp3) is 0.0118. The van der Waals surface area contributed by atoms with E-state index in [1.54, 1.807) is 0 Å². The molecule has 0 unspecified atom stereocenters. The highest BCUT2D eigenvalue weighted by molar-refractivity contribution is 9.10. The van der Waals surface area contributed by atoms with Gasteiger partial charge in [-0.25, -0.2) is 0 Å². The Labute approximate surface area is 529 Å². The summed E-state index contributed by atoms with van der Waals surface area (Å²) >= 11 is 3.57. The summed E-state index contributed by atoms with van der Waals surface area (Å²) in [6.45, 7) is 0. The molecule has 89 heavy (non-hydrogen) atoms. The van der Waals surface area contributed by atoms with Crippen molar-refractivity contribution in [3.05, 3.63) is 380 Å². The zero-order valence-electron chi connectivity index (χ0n) is 49.1. The number of para-hydroxylation sites is 6. The van der Waals surface area contributed by atoms with Crippen LogP contribution < -0.4 is 4.90 Å². The van der Waals surface area contributed by atoms with E-state index in [0.29, 0.717) is 0 Å². The Balaban J connectivity index is 0.000000134. The van der Waals surface area contributed by atoms with Gasteiger partial charge in [-0.05, 0) is 159 Å². The molecule has 2 aromatic heterocycles. The molecule has 0 N–H and O–H groups in total. The van der Waals surface area contributed by atoms with Crippen LogP contribution in [0.3, 0.4) is 0 Å². The third kappa shape index (κ3) is 12.1. The number of hydrogen-bond donors (Lipinski definition) is 0. The van der Waals surface area contributed by atoms with Crippen LogP contribution in [0.5, 0.6) is 0 Å². The number of rotatable bonds is 11. The van der Waals surface area contributed by atoms with E-state index in [4.69, 9.17) is 0 Å². The molecule has 0 aliphatic heterocycles. The van der Waals surface area contributed by atoms with Crippen molar-refractivity contribution >= 4 is 76.6 Å². The Kier molecular flexibility index (Phi) is 16.2. The van der Waals surface area contributed by atoms with Gasteiger partial charge in [0.2, 0.25) is 0 Å². The summed E-state index contributed by atoms with van der Waals surface area (Å²) in [5, 5.41) is 5.10. The van der Waals surface area contributed by atoms with Gasteiger partial charge in [-0.15, -0.1) is 0 Å². The molecule has 0 amide bonds. The van der Waals surface area contributed by atoms with E-state index in [0.717, 1.165) is 28.0 Å². The molecule has 424 valence electrons. The lowest BCUT2D eigenvalue weighted by Crippen LogP contribution is -2.09. The minimum Gasteiger partial charge on any atom is -0.310 e. The summed E-state index contributed by atoms with van der Waals surface area (Å²) in [4.78, 5) is 2.30. The van der Waals surface area contributed by atoms with Crippen LogP contribution in [0.4, 0.5) is 17.1 Å². The first-order valence-electron chi connectivity index (χ1n) is 30.3. The van der Waals surface area contributed by atoms with Crippen molar-refractivity contribution in [3.8, 4) is 55.9 Å². The van der Waals surface area contributed by atoms with Crippen molar-refractivity contribution in [2.24, 2.45) is 0 Å². The average molecular weight is 1210 g/mol. The Morgan fingerprint density at radius 1 is 0.225 bits per heavy atom. The number of benzene rings is 14. The predicted octanol–water partition coefficient (Wildman–Crippen LogP) is 23.7. The van der Waals surface area contributed by atoms with Crippen LogP contribution in [0.2, 0.25) is 0 Å². The largest absolute Gasteiger partial charge is 0.310 e. The van der Waals surface area contributed by atoms with Crippen molar-refractivity contribution in [2.75, 3.05) is 4.90 Å². The second-order valence-corrected chi connectivity index (χ2v) is 23.1. The third-order valence-electron chi connectivity index (χ3n) is 16.5. The second kappa shape index (κ2) is 25.9. The van der Waals surface area contributed by atoms with Gasteiger partial charge in [-0.2, -0.15) is 0 Å². The maximum Gasteiger partial charge on any atom is 0.0547 e. The summed E-state index contributed by atoms with van der Waals surface area (Å²) in [6.07, 6.45) is 1.03. The molecule has 16 aromatic rings. The van der Waals surface area contributed by atoms with Gasteiger partial charge in [0.25, 0.3) is 0 Å². The molecular weight excluding hydrogens is 1140 g/mol. The molecule has 0 fully saturated rings. The van der Waals surface area contributed by atoms with Crippen LogP contribution in [-0.4, -0.2) is 9.13 Å². The number of hydrogen-bond acceptors (Lipinski definition) is 1. The summed E-state index contributed by atoms with van der Waals surface area (Å²) in [7, 11) is 0. The first-order chi connectivity index (χ1) is 44.1. The Morgan fingerprint density at radius 3 is 0.955 bits per heavy atom. The van der Waals surface area contributed by atoms with E-state index in [1.165, 1.54) is 111 Å². The van der Waals surface area contributed by atoms with Crippen molar-refractivity contribution < 1.29 is 0 Å². The van der Waals surface area contributed by atoms with Crippen molar-refractivity contribution in [2.45, 2.75) is 6.42 Å².